The Hall–Kier alpha value is -2.91. The Bertz CT molecular complexity index is 868. The van der Waals surface area contributed by atoms with Crippen molar-refractivity contribution in [3.8, 4) is 5.82 Å². The molecule has 0 N–H and O–H groups in total. The smallest absolute Gasteiger partial charge is 0.434 e. The second-order valence-corrected chi connectivity index (χ2v) is 4.45. The van der Waals surface area contributed by atoms with Gasteiger partial charge in [-0.2, -0.15) is 23.4 Å². The van der Waals surface area contributed by atoms with Crippen LogP contribution in [-0.4, -0.2) is 37.0 Å². The molecule has 23 heavy (non-hydrogen) atoms. The van der Waals surface area contributed by atoms with Gasteiger partial charge in [-0.15, -0.1) is 0 Å². The van der Waals surface area contributed by atoms with Gasteiger partial charge in [-0.3, -0.25) is 0 Å². The van der Waals surface area contributed by atoms with Crippen molar-refractivity contribution in [2.45, 2.75) is 13.1 Å². The van der Waals surface area contributed by atoms with E-state index >= 15 is 0 Å². The third kappa shape index (κ3) is 2.51. The number of alkyl halides is 3. The van der Waals surface area contributed by atoms with Gasteiger partial charge in [0.15, 0.2) is 11.5 Å². The van der Waals surface area contributed by atoms with Crippen LogP contribution < -0.4 is 0 Å². The van der Waals surface area contributed by atoms with Crippen molar-refractivity contribution >= 4 is 11.5 Å². The molecule has 0 radical (unpaired) electrons. The van der Waals surface area contributed by atoms with E-state index in [4.69, 9.17) is 0 Å². The molecule has 0 aliphatic carbocycles. The predicted molar refractivity (Wildman–Crippen MR) is 71.1 cm³/mol. The van der Waals surface area contributed by atoms with Crippen LogP contribution >= 0.6 is 0 Å². The minimum absolute atomic E-state index is 0.0439. The minimum Gasteiger partial charge on any atom is -0.462 e. The average Bonchev–Trinajstić information content (AvgIpc) is 3.13. The fraction of sp³-hybridized carbons (Fsp3) is 0.231. The molecule has 0 bridgehead atoms. The quantitative estimate of drug-likeness (QED) is 0.690. The maximum absolute atomic E-state index is 13.4. The first-order valence-electron chi connectivity index (χ1n) is 6.54. The first kappa shape index (κ1) is 15.0. The number of rotatable bonds is 3. The van der Waals surface area contributed by atoms with Crippen LogP contribution in [0.3, 0.4) is 0 Å². The Morgan fingerprint density at radius 3 is 2.78 bits per heavy atom. The topological polar surface area (TPSA) is 74.3 Å². The largest absolute Gasteiger partial charge is 0.462 e. The zero-order valence-electron chi connectivity index (χ0n) is 11.8. The predicted octanol–water partition coefficient (Wildman–Crippen LogP) is 2.11. The van der Waals surface area contributed by atoms with E-state index in [1.54, 1.807) is 0 Å². The molecule has 120 valence electrons. The van der Waals surface area contributed by atoms with Gasteiger partial charge in [-0.25, -0.2) is 19.0 Å². The number of hydrogen-bond acceptors (Lipinski definition) is 5. The van der Waals surface area contributed by atoms with Gasteiger partial charge < -0.3 is 4.74 Å². The molecule has 0 aliphatic rings. The number of carbonyl (C=O) groups is 1. The van der Waals surface area contributed by atoms with Crippen molar-refractivity contribution in [3.05, 3.63) is 42.1 Å². The van der Waals surface area contributed by atoms with E-state index in [0.717, 1.165) is 6.20 Å². The number of carbonyl (C=O) groups excluding carboxylic acids is 1. The standard InChI is InChI=1S/C13H10F3N5O2/c1-2-23-12(22)8-7-19-21(10(8)13(14,15)16)11-9-3-4-18-20(9)6-5-17-11/h3-7H,2H2,1H3. The second-order valence-electron chi connectivity index (χ2n) is 4.45. The highest BCUT2D eigenvalue weighted by Crippen LogP contribution is 2.34. The van der Waals surface area contributed by atoms with E-state index in [9.17, 15) is 18.0 Å². The zero-order valence-corrected chi connectivity index (χ0v) is 11.8. The van der Waals surface area contributed by atoms with Crippen LogP contribution in [0.15, 0.2) is 30.9 Å². The fourth-order valence-electron chi connectivity index (χ4n) is 2.15. The summed E-state index contributed by atoms with van der Waals surface area (Å²) in [6, 6.07) is 1.49. The van der Waals surface area contributed by atoms with Crippen LogP contribution in [-0.2, 0) is 10.9 Å². The highest BCUT2D eigenvalue weighted by Gasteiger charge is 2.41. The number of ether oxygens (including phenoxy) is 1. The van der Waals surface area contributed by atoms with Crippen LogP contribution in [0.1, 0.15) is 23.0 Å². The molecule has 0 saturated heterocycles. The van der Waals surface area contributed by atoms with Crippen molar-refractivity contribution in [3.63, 3.8) is 0 Å². The highest BCUT2D eigenvalue weighted by molar-refractivity contribution is 5.91. The molecule has 0 fully saturated rings. The van der Waals surface area contributed by atoms with Crippen LogP contribution in [0.4, 0.5) is 13.2 Å². The van der Waals surface area contributed by atoms with Gasteiger partial charge >= 0.3 is 12.1 Å². The zero-order chi connectivity index (χ0) is 16.6. The summed E-state index contributed by atoms with van der Waals surface area (Å²) >= 11 is 0. The molecule has 0 atom stereocenters. The Morgan fingerprint density at radius 1 is 1.30 bits per heavy atom. The molecule has 3 aromatic heterocycles. The van der Waals surface area contributed by atoms with Gasteiger partial charge in [-0.05, 0) is 13.0 Å². The van der Waals surface area contributed by atoms with Crippen LogP contribution in [0.5, 0.6) is 0 Å². The molecular formula is C13H10F3N5O2. The summed E-state index contributed by atoms with van der Waals surface area (Å²) in [4.78, 5) is 15.7. The van der Waals surface area contributed by atoms with Crippen molar-refractivity contribution in [1.29, 1.82) is 0 Å². The average molecular weight is 325 g/mol. The first-order chi connectivity index (χ1) is 10.9. The van der Waals surface area contributed by atoms with Gasteiger partial charge in [-0.1, -0.05) is 0 Å². The molecule has 3 heterocycles. The number of halogens is 3. The molecule has 3 rings (SSSR count). The molecule has 0 spiro atoms. The van der Waals surface area contributed by atoms with Gasteiger partial charge in [0.25, 0.3) is 0 Å². The van der Waals surface area contributed by atoms with Crippen molar-refractivity contribution < 1.29 is 22.7 Å². The van der Waals surface area contributed by atoms with Gasteiger partial charge in [0.1, 0.15) is 11.1 Å². The summed E-state index contributed by atoms with van der Waals surface area (Å²) in [6.07, 6.45) is 0.210. The Balaban J connectivity index is 2.24. The molecule has 7 nitrogen and oxygen atoms in total. The minimum atomic E-state index is -4.81. The third-order valence-corrected chi connectivity index (χ3v) is 3.04. The Labute approximate surface area is 127 Å². The molecule has 0 amide bonds. The summed E-state index contributed by atoms with van der Waals surface area (Å²) in [6.45, 7) is 1.46. The number of aromatic nitrogens is 5. The normalized spacial score (nSPS) is 11.8. The molecule has 0 aromatic carbocycles. The molecule has 3 aromatic rings. The number of nitrogens with zero attached hydrogens (tertiary/aromatic N) is 5. The monoisotopic (exact) mass is 325 g/mol. The summed E-state index contributed by atoms with van der Waals surface area (Å²) in [7, 11) is 0. The SMILES string of the molecule is CCOC(=O)c1cnn(-c2nccn3nccc23)c1C(F)(F)F. The lowest BCUT2D eigenvalue weighted by atomic mass is 10.2. The van der Waals surface area contributed by atoms with Crippen LogP contribution in [0.2, 0.25) is 0 Å². The van der Waals surface area contributed by atoms with Gasteiger partial charge in [0.05, 0.1) is 19.0 Å². The molecule has 10 heteroatoms. The van der Waals surface area contributed by atoms with E-state index in [-0.39, 0.29) is 12.4 Å². The number of hydrogen-bond donors (Lipinski definition) is 0. The van der Waals surface area contributed by atoms with E-state index in [1.165, 1.54) is 36.1 Å². The summed E-state index contributed by atoms with van der Waals surface area (Å²) in [5.74, 6) is -1.18. The lowest BCUT2D eigenvalue weighted by Gasteiger charge is -2.12. The maximum atomic E-state index is 13.4. The summed E-state index contributed by atoms with van der Waals surface area (Å²) in [5, 5.41) is 7.61. The number of esters is 1. The van der Waals surface area contributed by atoms with Crippen molar-refractivity contribution in [2.75, 3.05) is 6.61 Å². The van der Waals surface area contributed by atoms with Gasteiger partial charge in [0, 0.05) is 12.4 Å². The van der Waals surface area contributed by atoms with E-state index < -0.39 is 23.4 Å². The van der Waals surface area contributed by atoms with Crippen LogP contribution in [0.25, 0.3) is 11.3 Å². The van der Waals surface area contributed by atoms with E-state index in [2.05, 4.69) is 19.9 Å². The Kier molecular flexibility index (Phi) is 3.51. The molecule has 0 aliphatic heterocycles. The number of fused-ring (bicyclic) bond motifs is 1. The lowest BCUT2D eigenvalue weighted by Crippen LogP contribution is -2.19. The van der Waals surface area contributed by atoms with Crippen molar-refractivity contribution in [1.82, 2.24) is 24.4 Å². The summed E-state index contributed by atoms with van der Waals surface area (Å²) < 4.78 is 46.9. The fourth-order valence-corrected chi connectivity index (χ4v) is 2.15. The molecular weight excluding hydrogens is 315 g/mol. The van der Waals surface area contributed by atoms with Crippen LogP contribution in [0, 0.1) is 0 Å². The maximum Gasteiger partial charge on any atom is 0.434 e. The van der Waals surface area contributed by atoms with E-state index in [0.29, 0.717) is 10.2 Å². The van der Waals surface area contributed by atoms with Gasteiger partial charge in [0.2, 0.25) is 0 Å². The highest BCUT2D eigenvalue weighted by atomic mass is 19.4. The lowest BCUT2D eigenvalue weighted by molar-refractivity contribution is -0.143. The third-order valence-electron chi connectivity index (χ3n) is 3.04. The molecule has 0 saturated carbocycles. The van der Waals surface area contributed by atoms with E-state index in [1.807, 2.05) is 0 Å². The summed E-state index contributed by atoms with van der Waals surface area (Å²) in [5.41, 5.74) is -1.59. The molecule has 0 unspecified atom stereocenters. The first-order valence-corrected chi connectivity index (χ1v) is 6.54. The van der Waals surface area contributed by atoms with Crippen molar-refractivity contribution in [2.24, 2.45) is 0 Å². The Morgan fingerprint density at radius 2 is 2.09 bits per heavy atom. The second kappa shape index (κ2) is 5.38.